The first kappa shape index (κ1) is 10.2. The minimum Gasteiger partial charge on any atom is -0.497 e. The van der Waals surface area contributed by atoms with Crippen molar-refractivity contribution in [3.8, 4) is 0 Å². The van der Waals surface area contributed by atoms with Crippen molar-refractivity contribution < 1.29 is 19.7 Å². The third kappa shape index (κ3) is 1.55. The predicted octanol–water partition coefficient (Wildman–Crippen LogP) is 0.928. The number of aliphatic hydroxyl groups is 1. The van der Waals surface area contributed by atoms with E-state index in [1.165, 1.54) is 6.26 Å². The number of carbonyl (C=O) groups is 1. The summed E-state index contributed by atoms with van der Waals surface area (Å²) in [6.45, 7) is 1.89. The zero-order valence-corrected chi connectivity index (χ0v) is 8.51. The molecule has 1 heterocycles. The number of fused-ring (bicyclic) bond motifs is 1. The number of hydrogen-bond acceptors (Lipinski definition) is 3. The molecule has 4 nitrogen and oxygen atoms in total. The molecule has 0 fully saturated rings. The van der Waals surface area contributed by atoms with E-state index in [-0.39, 0.29) is 24.5 Å². The van der Waals surface area contributed by atoms with E-state index in [2.05, 4.69) is 0 Å². The second-order valence-electron chi connectivity index (χ2n) is 4.02. The Morgan fingerprint density at radius 1 is 1.67 bits per heavy atom. The van der Waals surface area contributed by atoms with Crippen LogP contribution in [0.3, 0.4) is 0 Å². The quantitative estimate of drug-likeness (QED) is 0.665. The van der Waals surface area contributed by atoms with Gasteiger partial charge in [0, 0.05) is 11.8 Å². The number of carboxylic acids is 1. The molecule has 2 aliphatic rings. The van der Waals surface area contributed by atoms with Gasteiger partial charge < -0.3 is 14.9 Å². The van der Waals surface area contributed by atoms with Crippen molar-refractivity contribution in [2.45, 2.75) is 19.4 Å². The Morgan fingerprint density at radius 2 is 2.40 bits per heavy atom. The van der Waals surface area contributed by atoms with Gasteiger partial charge in [-0.2, -0.15) is 0 Å². The Balaban J connectivity index is 2.29. The van der Waals surface area contributed by atoms with Gasteiger partial charge in [0.1, 0.15) is 6.10 Å². The molecule has 2 N–H and O–H groups in total. The summed E-state index contributed by atoms with van der Waals surface area (Å²) in [5.41, 5.74) is 1.22. The SMILES string of the molecule is C[C@@H]1OC=C(C(=O)O)[C@H]2CC=C(CO)[C@@H]12. The van der Waals surface area contributed by atoms with Crippen LogP contribution in [0.4, 0.5) is 0 Å². The zero-order chi connectivity index (χ0) is 11.0. The van der Waals surface area contributed by atoms with Crippen LogP contribution in [0.25, 0.3) is 0 Å². The first-order valence-corrected chi connectivity index (χ1v) is 5.03. The molecular formula is C11H14O4. The average molecular weight is 210 g/mol. The molecule has 1 aliphatic carbocycles. The van der Waals surface area contributed by atoms with Crippen molar-refractivity contribution in [2.75, 3.05) is 6.61 Å². The monoisotopic (exact) mass is 210 g/mol. The number of aliphatic carboxylic acids is 1. The molecule has 0 aromatic rings. The highest BCUT2D eigenvalue weighted by atomic mass is 16.5. The van der Waals surface area contributed by atoms with Gasteiger partial charge in [0.05, 0.1) is 18.4 Å². The van der Waals surface area contributed by atoms with Crippen LogP contribution in [0.5, 0.6) is 0 Å². The van der Waals surface area contributed by atoms with Crippen molar-refractivity contribution in [1.29, 1.82) is 0 Å². The van der Waals surface area contributed by atoms with Crippen LogP contribution in [0.15, 0.2) is 23.5 Å². The first-order chi connectivity index (χ1) is 7.15. The summed E-state index contributed by atoms with van der Waals surface area (Å²) < 4.78 is 5.30. The molecule has 15 heavy (non-hydrogen) atoms. The number of carboxylic acid groups (broad SMARTS) is 1. The minimum absolute atomic E-state index is 0.0121. The fraction of sp³-hybridized carbons (Fsp3) is 0.545. The fourth-order valence-electron chi connectivity index (χ4n) is 2.50. The van der Waals surface area contributed by atoms with Crippen LogP contribution in [0, 0.1) is 11.8 Å². The highest BCUT2D eigenvalue weighted by Crippen LogP contribution is 2.42. The van der Waals surface area contributed by atoms with Crippen LogP contribution in [0.2, 0.25) is 0 Å². The predicted molar refractivity (Wildman–Crippen MR) is 53.0 cm³/mol. The van der Waals surface area contributed by atoms with E-state index in [4.69, 9.17) is 14.9 Å². The molecule has 2 rings (SSSR count). The van der Waals surface area contributed by atoms with Crippen molar-refractivity contribution in [3.05, 3.63) is 23.5 Å². The van der Waals surface area contributed by atoms with Crippen LogP contribution in [-0.2, 0) is 9.53 Å². The zero-order valence-electron chi connectivity index (χ0n) is 8.51. The highest BCUT2D eigenvalue weighted by Gasteiger charge is 2.41. The number of hydrogen-bond donors (Lipinski definition) is 2. The number of aliphatic hydroxyl groups excluding tert-OH is 1. The maximum Gasteiger partial charge on any atom is 0.335 e. The summed E-state index contributed by atoms with van der Waals surface area (Å²) >= 11 is 0. The van der Waals surface area contributed by atoms with Gasteiger partial charge >= 0.3 is 5.97 Å². The summed E-state index contributed by atoms with van der Waals surface area (Å²) in [5.74, 6) is -0.941. The molecule has 4 heteroatoms. The van der Waals surface area contributed by atoms with Crippen molar-refractivity contribution in [3.63, 3.8) is 0 Å². The molecule has 1 aliphatic heterocycles. The van der Waals surface area contributed by atoms with Gasteiger partial charge in [0.15, 0.2) is 0 Å². The lowest BCUT2D eigenvalue weighted by atomic mass is 9.81. The largest absolute Gasteiger partial charge is 0.497 e. The summed E-state index contributed by atoms with van der Waals surface area (Å²) in [4.78, 5) is 11.0. The molecule has 82 valence electrons. The molecule has 0 aromatic carbocycles. The van der Waals surface area contributed by atoms with E-state index in [0.29, 0.717) is 12.0 Å². The van der Waals surface area contributed by atoms with Gasteiger partial charge in [-0.25, -0.2) is 4.79 Å². The summed E-state index contributed by atoms with van der Waals surface area (Å²) in [6.07, 6.45) is 3.91. The second-order valence-corrected chi connectivity index (χ2v) is 4.02. The number of allylic oxidation sites excluding steroid dienone is 1. The lowest BCUT2D eigenvalue weighted by molar-refractivity contribution is -0.134. The van der Waals surface area contributed by atoms with Crippen LogP contribution < -0.4 is 0 Å². The molecule has 0 aromatic heterocycles. The second kappa shape index (κ2) is 3.70. The van der Waals surface area contributed by atoms with Crippen molar-refractivity contribution in [1.82, 2.24) is 0 Å². The summed E-state index contributed by atoms with van der Waals surface area (Å²) in [7, 11) is 0. The Kier molecular flexibility index (Phi) is 2.52. The lowest BCUT2D eigenvalue weighted by Crippen LogP contribution is -2.33. The smallest absolute Gasteiger partial charge is 0.335 e. The third-order valence-corrected chi connectivity index (χ3v) is 3.24. The van der Waals surface area contributed by atoms with Crippen LogP contribution in [0.1, 0.15) is 13.3 Å². The van der Waals surface area contributed by atoms with E-state index in [1.54, 1.807) is 0 Å². The summed E-state index contributed by atoms with van der Waals surface area (Å²) in [5, 5.41) is 18.2. The van der Waals surface area contributed by atoms with Crippen molar-refractivity contribution >= 4 is 5.97 Å². The van der Waals surface area contributed by atoms with Gasteiger partial charge in [0.25, 0.3) is 0 Å². The molecular weight excluding hydrogens is 196 g/mol. The molecule has 0 saturated heterocycles. The molecule has 0 unspecified atom stereocenters. The topological polar surface area (TPSA) is 66.8 Å². The number of ether oxygens (including phenoxy) is 1. The molecule has 0 radical (unpaired) electrons. The normalized spacial score (nSPS) is 33.9. The van der Waals surface area contributed by atoms with Crippen LogP contribution >= 0.6 is 0 Å². The average Bonchev–Trinajstić information content (AvgIpc) is 2.62. The van der Waals surface area contributed by atoms with E-state index in [1.807, 2.05) is 13.0 Å². The Labute approximate surface area is 87.9 Å². The molecule has 0 bridgehead atoms. The van der Waals surface area contributed by atoms with Crippen molar-refractivity contribution in [2.24, 2.45) is 11.8 Å². The lowest BCUT2D eigenvalue weighted by Gasteiger charge is -2.32. The third-order valence-electron chi connectivity index (χ3n) is 3.24. The Hall–Kier alpha value is -1.29. The maximum atomic E-state index is 11.0. The van der Waals surface area contributed by atoms with Gasteiger partial charge in [-0.1, -0.05) is 6.08 Å². The number of rotatable bonds is 2. The summed E-state index contributed by atoms with van der Waals surface area (Å²) in [6, 6.07) is 0. The first-order valence-electron chi connectivity index (χ1n) is 5.03. The van der Waals surface area contributed by atoms with Gasteiger partial charge in [-0.15, -0.1) is 0 Å². The van der Waals surface area contributed by atoms with Gasteiger partial charge in [0.2, 0.25) is 0 Å². The maximum absolute atomic E-state index is 11.0. The van der Waals surface area contributed by atoms with Gasteiger partial charge in [-0.05, 0) is 18.9 Å². The Bertz CT molecular complexity index is 342. The standard InChI is InChI=1S/C11H14O4/c1-6-10-7(4-12)2-3-8(10)9(5-15-6)11(13)14/h2,5-6,8,10,12H,3-4H2,1H3,(H,13,14)/t6-,8+,10+/m0/s1. The molecule has 0 amide bonds. The molecule has 3 atom stereocenters. The van der Waals surface area contributed by atoms with E-state index in [9.17, 15) is 4.79 Å². The van der Waals surface area contributed by atoms with E-state index < -0.39 is 5.97 Å². The van der Waals surface area contributed by atoms with Gasteiger partial charge in [-0.3, -0.25) is 0 Å². The van der Waals surface area contributed by atoms with E-state index >= 15 is 0 Å². The molecule has 0 saturated carbocycles. The van der Waals surface area contributed by atoms with E-state index in [0.717, 1.165) is 5.57 Å². The van der Waals surface area contributed by atoms with Crippen LogP contribution in [-0.4, -0.2) is 28.9 Å². The Morgan fingerprint density at radius 3 is 3.00 bits per heavy atom. The fourth-order valence-corrected chi connectivity index (χ4v) is 2.50. The minimum atomic E-state index is -0.926. The highest BCUT2D eigenvalue weighted by molar-refractivity contribution is 5.87. The molecule has 0 spiro atoms.